The SMILES string of the molecule is Cc1cc(=O)[nH]c(N/N=C/c2cc(Cl)ccc2O)n1. The molecular formula is C12H11ClN4O2. The minimum atomic E-state index is -0.268. The summed E-state index contributed by atoms with van der Waals surface area (Å²) in [7, 11) is 0. The number of nitrogens with zero attached hydrogens (tertiary/aromatic N) is 2. The first-order chi connectivity index (χ1) is 9.04. The summed E-state index contributed by atoms with van der Waals surface area (Å²) >= 11 is 5.80. The molecule has 3 N–H and O–H groups in total. The second kappa shape index (κ2) is 5.53. The maximum absolute atomic E-state index is 11.2. The van der Waals surface area contributed by atoms with Crippen LogP contribution in [0.2, 0.25) is 5.02 Å². The number of anilines is 1. The Morgan fingerprint density at radius 2 is 2.26 bits per heavy atom. The number of H-pyrrole nitrogens is 1. The van der Waals surface area contributed by atoms with Crippen LogP contribution in [0.5, 0.6) is 5.75 Å². The van der Waals surface area contributed by atoms with Gasteiger partial charge >= 0.3 is 0 Å². The van der Waals surface area contributed by atoms with E-state index in [2.05, 4.69) is 20.5 Å². The molecule has 0 aliphatic heterocycles. The van der Waals surface area contributed by atoms with Crippen LogP contribution in [0.25, 0.3) is 0 Å². The zero-order chi connectivity index (χ0) is 13.8. The van der Waals surface area contributed by atoms with Crippen molar-refractivity contribution in [1.82, 2.24) is 9.97 Å². The Balaban J connectivity index is 2.15. The van der Waals surface area contributed by atoms with Crippen LogP contribution in [0.15, 0.2) is 34.2 Å². The third-order valence-corrected chi connectivity index (χ3v) is 2.47. The van der Waals surface area contributed by atoms with Crippen molar-refractivity contribution in [2.75, 3.05) is 5.43 Å². The molecule has 98 valence electrons. The van der Waals surface area contributed by atoms with Crippen LogP contribution >= 0.6 is 11.6 Å². The van der Waals surface area contributed by atoms with Crippen molar-refractivity contribution >= 4 is 23.8 Å². The zero-order valence-electron chi connectivity index (χ0n) is 10.0. The van der Waals surface area contributed by atoms with Crippen molar-refractivity contribution in [3.8, 4) is 5.75 Å². The number of hydrogen-bond acceptors (Lipinski definition) is 5. The fourth-order valence-electron chi connectivity index (χ4n) is 1.42. The minimum absolute atomic E-state index is 0.0562. The first kappa shape index (κ1) is 13.1. The van der Waals surface area contributed by atoms with E-state index in [1.807, 2.05) is 0 Å². The van der Waals surface area contributed by atoms with Crippen LogP contribution in [-0.2, 0) is 0 Å². The van der Waals surface area contributed by atoms with E-state index in [0.717, 1.165) is 0 Å². The predicted octanol–water partition coefficient (Wildman–Crippen LogP) is 1.88. The monoisotopic (exact) mass is 278 g/mol. The molecular weight excluding hydrogens is 268 g/mol. The fourth-order valence-corrected chi connectivity index (χ4v) is 1.60. The third kappa shape index (κ3) is 3.56. The van der Waals surface area contributed by atoms with Gasteiger partial charge in [-0.3, -0.25) is 9.78 Å². The lowest BCUT2D eigenvalue weighted by Gasteiger charge is -2.01. The predicted molar refractivity (Wildman–Crippen MR) is 73.9 cm³/mol. The van der Waals surface area contributed by atoms with Crippen LogP contribution in [0.1, 0.15) is 11.3 Å². The van der Waals surface area contributed by atoms with E-state index < -0.39 is 0 Å². The normalized spacial score (nSPS) is 10.8. The van der Waals surface area contributed by atoms with Crippen molar-refractivity contribution in [2.24, 2.45) is 5.10 Å². The average Bonchev–Trinajstić information content (AvgIpc) is 2.32. The lowest BCUT2D eigenvalue weighted by atomic mass is 10.2. The van der Waals surface area contributed by atoms with Crippen LogP contribution in [0, 0.1) is 6.92 Å². The lowest BCUT2D eigenvalue weighted by molar-refractivity contribution is 0.474. The van der Waals surface area contributed by atoms with Crippen LogP contribution in [-0.4, -0.2) is 21.3 Å². The Morgan fingerprint density at radius 3 is 3.00 bits per heavy atom. The fraction of sp³-hybridized carbons (Fsp3) is 0.0833. The number of halogens is 1. The van der Waals surface area contributed by atoms with Crippen molar-refractivity contribution in [3.63, 3.8) is 0 Å². The Morgan fingerprint density at radius 1 is 1.47 bits per heavy atom. The molecule has 0 unspecified atom stereocenters. The number of phenolic OH excluding ortho intramolecular Hbond substituents is 1. The molecule has 0 amide bonds. The summed E-state index contributed by atoms with van der Waals surface area (Å²) in [4.78, 5) is 17.7. The average molecular weight is 279 g/mol. The Kier molecular flexibility index (Phi) is 3.82. The molecule has 1 aromatic heterocycles. The van der Waals surface area contributed by atoms with Crippen LogP contribution in [0.4, 0.5) is 5.95 Å². The Bertz CT molecular complexity index is 682. The van der Waals surface area contributed by atoms with Crippen LogP contribution < -0.4 is 11.0 Å². The summed E-state index contributed by atoms with van der Waals surface area (Å²) in [5.74, 6) is 0.281. The highest BCUT2D eigenvalue weighted by Gasteiger charge is 1.99. The minimum Gasteiger partial charge on any atom is -0.507 e. The maximum Gasteiger partial charge on any atom is 0.252 e. The third-order valence-electron chi connectivity index (χ3n) is 2.23. The molecule has 0 fully saturated rings. The van der Waals surface area contributed by atoms with E-state index in [1.54, 1.807) is 19.1 Å². The molecule has 0 aliphatic rings. The molecule has 0 radical (unpaired) electrons. The highest BCUT2D eigenvalue weighted by molar-refractivity contribution is 6.30. The molecule has 0 saturated carbocycles. The van der Waals surface area contributed by atoms with E-state index in [-0.39, 0.29) is 17.3 Å². The molecule has 0 saturated heterocycles. The number of nitrogens with one attached hydrogen (secondary N) is 2. The number of benzene rings is 1. The molecule has 6 nitrogen and oxygen atoms in total. The van der Waals surface area contributed by atoms with Crippen molar-refractivity contribution in [1.29, 1.82) is 0 Å². The van der Waals surface area contributed by atoms with E-state index in [1.165, 1.54) is 18.3 Å². The van der Waals surface area contributed by atoms with Gasteiger partial charge in [-0.25, -0.2) is 10.4 Å². The molecule has 0 bridgehead atoms. The van der Waals surface area contributed by atoms with Gasteiger partial charge in [0.15, 0.2) is 0 Å². The number of phenols is 1. The molecule has 0 atom stereocenters. The number of aromatic nitrogens is 2. The molecule has 2 rings (SSSR count). The van der Waals surface area contributed by atoms with Gasteiger partial charge in [-0.15, -0.1) is 0 Å². The summed E-state index contributed by atoms with van der Waals surface area (Å²) in [6.45, 7) is 1.70. The lowest BCUT2D eigenvalue weighted by Crippen LogP contribution is -2.10. The van der Waals surface area contributed by atoms with E-state index in [0.29, 0.717) is 16.3 Å². The number of hydrazone groups is 1. The highest BCUT2D eigenvalue weighted by atomic mass is 35.5. The van der Waals surface area contributed by atoms with Gasteiger partial charge in [-0.05, 0) is 25.1 Å². The zero-order valence-corrected chi connectivity index (χ0v) is 10.8. The standard InChI is InChI=1S/C12H11ClN4O2/c1-7-4-11(19)16-12(15-7)17-14-6-8-5-9(13)2-3-10(8)18/h2-6,18H,1H3,(H2,15,16,17,19)/b14-6+. The molecule has 2 aromatic rings. The van der Waals surface area contributed by atoms with Crippen molar-refractivity contribution < 1.29 is 5.11 Å². The van der Waals surface area contributed by atoms with Gasteiger partial charge in [0.2, 0.25) is 5.95 Å². The number of aryl methyl sites for hydroxylation is 1. The molecule has 1 heterocycles. The molecule has 1 aromatic carbocycles. The van der Waals surface area contributed by atoms with Gasteiger partial charge in [0.1, 0.15) is 5.75 Å². The van der Waals surface area contributed by atoms with Gasteiger partial charge in [0.05, 0.1) is 6.21 Å². The summed E-state index contributed by atoms with van der Waals surface area (Å²) in [5, 5.41) is 13.9. The summed E-state index contributed by atoms with van der Waals surface area (Å²) < 4.78 is 0. The topological polar surface area (TPSA) is 90.4 Å². The number of aromatic hydroxyl groups is 1. The summed E-state index contributed by atoms with van der Waals surface area (Å²) in [6, 6.07) is 5.98. The largest absolute Gasteiger partial charge is 0.507 e. The second-order valence-electron chi connectivity index (χ2n) is 3.81. The van der Waals surface area contributed by atoms with Gasteiger partial charge < -0.3 is 5.11 Å². The van der Waals surface area contributed by atoms with Gasteiger partial charge in [-0.1, -0.05) is 11.6 Å². The Labute approximate surface area is 113 Å². The summed E-state index contributed by atoms with van der Waals surface area (Å²) in [6.07, 6.45) is 1.38. The molecule has 0 spiro atoms. The van der Waals surface area contributed by atoms with E-state index >= 15 is 0 Å². The number of rotatable bonds is 3. The van der Waals surface area contributed by atoms with Gasteiger partial charge in [0, 0.05) is 22.3 Å². The van der Waals surface area contributed by atoms with Gasteiger partial charge in [-0.2, -0.15) is 5.10 Å². The highest BCUT2D eigenvalue weighted by Crippen LogP contribution is 2.19. The number of aromatic amines is 1. The van der Waals surface area contributed by atoms with Crippen molar-refractivity contribution in [2.45, 2.75) is 6.92 Å². The first-order valence-electron chi connectivity index (χ1n) is 5.40. The van der Waals surface area contributed by atoms with E-state index in [9.17, 15) is 9.90 Å². The first-order valence-corrected chi connectivity index (χ1v) is 5.78. The molecule has 19 heavy (non-hydrogen) atoms. The van der Waals surface area contributed by atoms with E-state index in [4.69, 9.17) is 11.6 Å². The van der Waals surface area contributed by atoms with Crippen molar-refractivity contribution in [3.05, 3.63) is 50.9 Å². The van der Waals surface area contributed by atoms with Crippen LogP contribution in [0.3, 0.4) is 0 Å². The second-order valence-corrected chi connectivity index (χ2v) is 4.24. The quantitative estimate of drug-likeness (QED) is 0.591. The summed E-state index contributed by atoms with van der Waals surface area (Å²) in [5.41, 5.74) is 3.33. The smallest absolute Gasteiger partial charge is 0.252 e. The number of hydrogen-bond donors (Lipinski definition) is 3. The maximum atomic E-state index is 11.2. The Hall–Kier alpha value is -2.34. The van der Waals surface area contributed by atoms with Gasteiger partial charge in [0.25, 0.3) is 5.56 Å². The molecule has 7 heteroatoms. The molecule has 0 aliphatic carbocycles.